The van der Waals surface area contributed by atoms with Gasteiger partial charge >= 0.3 is 0 Å². The highest BCUT2D eigenvalue weighted by atomic mass is 32.2. The van der Waals surface area contributed by atoms with Crippen molar-refractivity contribution in [2.45, 2.75) is 23.6 Å². The third kappa shape index (κ3) is 2.50. The van der Waals surface area contributed by atoms with Gasteiger partial charge in [0.05, 0.1) is 5.60 Å². The average molecular weight is 213 g/mol. The quantitative estimate of drug-likeness (QED) is 0.644. The Morgan fingerprint density at radius 2 is 2.29 bits per heavy atom. The topological polar surface area (TPSA) is 60.9 Å². The number of aliphatic hydroxyl groups is 1. The Balaban J connectivity index is 1.84. The fraction of sp³-hybridized carbons (Fsp3) is 0.667. The Morgan fingerprint density at radius 1 is 1.50 bits per heavy atom. The van der Waals surface area contributed by atoms with Crippen LogP contribution in [0.1, 0.15) is 12.8 Å². The van der Waals surface area contributed by atoms with E-state index in [2.05, 4.69) is 15.3 Å². The molecule has 1 aliphatic heterocycles. The first kappa shape index (κ1) is 10.0. The lowest BCUT2D eigenvalue weighted by Gasteiger charge is -2.31. The number of nitrogens with zero attached hydrogens (tertiary/aromatic N) is 1. The summed E-state index contributed by atoms with van der Waals surface area (Å²) >= 11 is 1.59. The molecule has 1 aromatic heterocycles. The monoisotopic (exact) mass is 213 g/mol. The van der Waals surface area contributed by atoms with E-state index in [1.165, 1.54) is 0 Å². The highest BCUT2D eigenvalue weighted by Gasteiger charge is 2.29. The molecule has 0 radical (unpaired) electrons. The second-order valence-electron chi connectivity index (χ2n) is 3.66. The lowest BCUT2D eigenvalue weighted by atomic mass is 9.95. The first-order valence-electron chi connectivity index (χ1n) is 4.84. The van der Waals surface area contributed by atoms with Crippen molar-refractivity contribution in [3.05, 3.63) is 12.4 Å². The largest absolute Gasteiger partial charge is 0.389 e. The minimum atomic E-state index is -0.511. The van der Waals surface area contributed by atoms with Crippen molar-refractivity contribution in [2.24, 2.45) is 0 Å². The molecule has 0 aliphatic carbocycles. The highest BCUT2D eigenvalue weighted by molar-refractivity contribution is 7.99. The number of hydrogen-bond donors (Lipinski definition) is 3. The molecule has 2 heterocycles. The summed E-state index contributed by atoms with van der Waals surface area (Å²) < 4.78 is 0. The van der Waals surface area contributed by atoms with Crippen LogP contribution in [-0.2, 0) is 0 Å². The molecule has 0 unspecified atom stereocenters. The first-order chi connectivity index (χ1) is 6.79. The van der Waals surface area contributed by atoms with E-state index in [0.29, 0.717) is 0 Å². The van der Waals surface area contributed by atoms with Gasteiger partial charge in [-0.3, -0.25) is 0 Å². The van der Waals surface area contributed by atoms with Crippen molar-refractivity contribution in [3.63, 3.8) is 0 Å². The molecule has 4 nitrogen and oxygen atoms in total. The fourth-order valence-electron chi connectivity index (χ4n) is 1.57. The third-order valence-corrected chi connectivity index (χ3v) is 3.66. The van der Waals surface area contributed by atoms with Gasteiger partial charge in [0.25, 0.3) is 0 Å². The van der Waals surface area contributed by atoms with Crippen LogP contribution in [0.25, 0.3) is 0 Å². The van der Waals surface area contributed by atoms with Crippen LogP contribution < -0.4 is 5.32 Å². The van der Waals surface area contributed by atoms with Gasteiger partial charge in [0, 0.05) is 18.1 Å². The smallest absolute Gasteiger partial charge is 0.165 e. The van der Waals surface area contributed by atoms with Gasteiger partial charge in [-0.25, -0.2) is 4.98 Å². The van der Waals surface area contributed by atoms with Gasteiger partial charge < -0.3 is 15.4 Å². The maximum Gasteiger partial charge on any atom is 0.165 e. The zero-order chi connectivity index (χ0) is 9.86. The average Bonchev–Trinajstić information content (AvgIpc) is 2.69. The van der Waals surface area contributed by atoms with E-state index in [1.807, 2.05) is 0 Å². The number of nitrogens with one attached hydrogen (secondary N) is 2. The summed E-state index contributed by atoms with van der Waals surface area (Å²) in [6, 6.07) is 0. The molecular weight excluding hydrogens is 198 g/mol. The van der Waals surface area contributed by atoms with Crippen LogP contribution in [0.5, 0.6) is 0 Å². The zero-order valence-electron chi connectivity index (χ0n) is 7.99. The van der Waals surface area contributed by atoms with Crippen LogP contribution in [0.2, 0.25) is 0 Å². The van der Waals surface area contributed by atoms with E-state index in [1.54, 1.807) is 24.2 Å². The SMILES string of the molecule is OC1(CSc2ncc[nH]2)CCNCC1. The van der Waals surface area contributed by atoms with Gasteiger partial charge in [-0.1, -0.05) is 11.8 Å². The standard InChI is InChI=1S/C9H15N3OS/c13-9(1-3-10-4-2-9)7-14-8-11-5-6-12-8/h5-6,10,13H,1-4,7H2,(H,11,12). The number of imidazole rings is 1. The predicted molar refractivity (Wildman–Crippen MR) is 56.4 cm³/mol. The molecule has 0 aromatic carbocycles. The number of aromatic nitrogens is 2. The summed E-state index contributed by atoms with van der Waals surface area (Å²) in [5, 5.41) is 14.3. The molecule has 0 saturated carbocycles. The van der Waals surface area contributed by atoms with Crippen LogP contribution in [0.15, 0.2) is 17.6 Å². The Hall–Kier alpha value is -0.520. The molecule has 1 fully saturated rings. The Labute approximate surface area is 87.5 Å². The van der Waals surface area contributed by atoms with Crippen molar-refractivity contribution in [1.29, 1.82) is 0 Å². The normalized spacial score (nSPS) is 20.9. The second-order valence-corrected chi connectivity index (χ2v) is 4.62. The zero-order valence-corrected chi connectivity index (χ0v) is 8.81. The van der Waals surface area contributed by atoms with E-state index >= 15 is 0 Å². The molecular formula is C9H15N3OS. The summed E-state index contributed by atoms with van der Waals surface area (Å²) in [5.41, 5.74) is -0.511. The summed E-state index contributed by atoms with van der Waals surface area (Å²) in [7, 11) is 0. The molecule has 1 aliphatic rings. The minimum absolute atomic E-state index is 0.511. The van der Waals surface area contributed by atoms with Gasteiger partial charge in [0.1, 0.15) is 0 Å². The van der Waals surface area contributed by atoms with Crippen LogP contribution in [-0.4, -0.2) is 39.5 Å². The highest BCUT2D eigenvalue weighted by Crippen LogP contribution is 2.25. The van der Waals surface area contributed by atoms with Gasteiger partial charge in [-0.15, -0.1) is 0 Å². The molecule has 0 amide bonds. The molecule has 5 heteroatoms. The summed E-state index contributed by atoms with van der Waals surface area (Å²) in [6.45, 7) is 1.82. The molecule has 1 aromatic rings. The van der Waals surface area contributed by atoms with E-state index < -0.39 is 5.60 Å². The number of thioether (sulfide) groups is 1. The van der Waals surface area contributed by atoms with Crippen LogP contribution in [0.3, 0.4) is 0 Å². The van der Waals surface area contributed by atoms with Crippen LogP contribution >= 0.6 is 11.8 Å². The van der Waals surface area contributed by atoms with Crippen LogP contribution in [0.4, 0.5) is 0 Å². The summed E-state index contributed by atoms with van der Waals surface area (Å²) in [6.07, 6.45) is 5.20. The lowest BCUT2D eigenvalue weighted by molar-refractivity contribution is 0.0339. The lowest BCUT2D eigenvalue weighted by Crippen LogP contribution is -2.43. The molecule has 3 N–H and O–H groups in total. The second kappa shape index (κ2) is 4.33. The van der Waals surface area contributed by atoms with Crippen molar-refractivity contribution >= 4 is 11.8 Å². The van der Waals surface area contributed by atoms with Gasteiger partial charge in [-0.05, 0) is 25.9 Å². The van der Waals surface area contributed by atoms with Gasteiger partial charge in [0.2, 0.25) is 0 Å². The Bertz CT molecular complexity index is 270. The Morgan fingerprint density at radius 3 is 2.93 bits per heavy atom. The fourth-order valence-corrected chi connectivity index (χ4v) is 2.55. The van der Waals surface area contributed by atoms with E-state index in [9.17, 15) is 5.11 Å². The number of rotatable bonds is 3. The van der Waals surface area contributed by atoms with Crippen molar-refractivity contribution in [2.75, 3.05) is 18.8 Å². The number of H-pyrrole nitrogens is 1. The molecule has 14 heavy (non-hydrogen) atoms. The Kier molecular flexibility index (Phi) is 3.10. The predicted octanol–water partition coefficient (Wildman–Crippen LogP) is 0.616. The maximum atomic E-state index is 10.2. The maximum absolute atomic E-state index is 10.2. The molecule has 0 spiro atoms. The molecule has 0 bridgehead atoms. The van der Waals surface area contributed by atoms with Gasteiger partial charge in [0.15, 0.2) is 5.16 Å². The molecule has 2 rings (SSSR count). The van der Waals surface area contributed by atoms with Crippen molar-refractivity contribution in [1.82, 2.24) is 15.3 Å². The molecule has 1 saturated heterocycles. The van der Waals surface area contributed by atoms with Crippen LogP contribution in [0, 0.1) is 0 Å². The molecule has 0 atom stereocenters. The summed E-state index contributed by atoms with van der Waals surface area (Å²) in [4.78, 5) is 7.13. The third-order valence-electron chi connectivity index (χ3n) is 2.48. The minimum Gasteiger partial charge on any atom is -0.389 e. The van der Waals surface area contributed by atoms with Crippen molar-refractivity contribution in [3.8, 4) is 0 Å². The van der Waals surface area contributed by atoms with E-state index in [-0.39, 0.29) is 0 Å². The first-order valence-corrected chi connectivity index (χ1v) is 5.82. The van der Waals surface area contributed by atoms with Gasteiger partial charge in [-0.2, -0.15) is 0 Å². The number of aromatic amines is 1. The van der Waals surface area contributed by atoms with Crippen molar-refractivity contribution < 1.29 is 5.11 Å². The number of piperidine rings is 1. The molecule has 78 valence electrons. The van der Waals surface area contributed by atoms with E-state index in [4.69, 9.17) is 0 Å². The number of hydrogen-bond acceptors (Lipinski definition) is 4. The van der Waals surface area contributed by atoms with E-state index in [0.717, 1.165) is 36.8 Å². The summed E-state index contributed by atoms with van der Waals surface area (Å²) in [5.74, 6) is 0.724.